The molecule has 0 spiro atoms. The lowest BCUT2D eigenvalue weighted by Crippen LogP contribution is -2.32. The third-order valence-corrected chi connectivity index (χ3v) is 5.34. The summed E-state index contributed by atoms with van der Waals surface area (Å²) >= 11 is 6.16. The number of aliphatic hydroxyl groups excluding tert-OH is 1. The Morgan fingerprint density at radius 1 is 1.20 bits per heavy atom. The van der Waals surface area contributed by atoms with Crippen LogP contribution in [0.1, 0.15) is 28.6 Å². The van der Waals surface area contributed by atoms with Crippen LogP contribution in [0.15, 0.2) is 70.3 Å². The normalized spacial score (nSPS) is 16.7. The molecule has 2 heterocycles. The van der Waals surface area contributed by atoms with Gasteiger partial charge in [0, 0.05) is 30.7 Å². The highest BCUT2D eigenvalue weighted by Gasteiger charge is 2.44. The largest absolute Gasteiger partial charge is 0.503 e. The summed E-state index contributed by atoms with van der Waals surface area (Å²) in [6.45, 7) is 0.754. The Morgan fingerprint density at radius 3 is 2.73 bits per heavy atom. The van der Waals surface area contributed by atoms with E-state index < -0.39 is 23.5 Å². The van der Waals surface area contributed by atoms with Crippen LogP contribution in [0.2, 0.25) is 5.02 Å². The predicted molar refractivity (Wildman–Crippen MR) is 113 cm³/mol. The molecule has 1 aliphatic heterocycles. The minimum atomic E-state index is -0.770. The van der Waals surface area contributed by atoms with E-state index in [1.807, 2.05) is 18.2 Å². The zero-order valence-corrected chi connectivity index (χ0v) is 17.1. The minimum absolute atomic E-state index is 0.0151. The van der Waals surface area contributed by atoms with Crippen molar-refractivity contribution in [1.82, 2.24) is 4.90 Å². The van der Waals surface area contributed by atoms with Gasteiger partial charge in [-0.25, -0.2) is 0 Å². The number of rotatable bonds is 7. The zero-order valence-electron chi connectivity index (χ0n) is 16.3. The number of halogens is 1. The Bertz CT molecular complexity index is 1120. The number of hydrogen-bond donors (Lipinski definition) is 1. The summed E-state index contributed by atoms with van der Waals surface area (Å²) in [5.41, 5.74) is 1.18. The van der Waals surface area contributed by atoms with E-state index in [0.717, 1.165) is 5.39 Å². The maximum atomic E-state index is 13.4. The van der Waals surface area contributed by atoms with Crippen molar-refractivity contribution in [3.05, 3.63) is 82.3 Å². The van der Waals surface area contributed by atoms with Gasteiger partial charge in [0.2, 0.25) is 5.78 Å². The van der Waals surface area contributed by atoms with Gasteiger partial charge in [0.25, 0.3) is 5.91 Å². The molecule has 154 valence electrons. The Morgan fingerprint density at radius 2 is 2.00 bits per heavy atom. The number of carbonyl (C=O) groups is 2. The monoisotopic (exact) mass is 425 g/mol. The van der Waals surface area contributed by atoms with Gasteiger partial charge < -0.3 is 19.2 Å². The predicted octanol–water partition coefficient (Wildman–Crippen LogP) is 4.70. The molecule has 1 aromatic heterocycles. The number of furan rings is 1. The fourth-order valence-corrected chi connectivity index (χ4v) is 3.94. The third kappa shape index (κ3) is 3.60. The average Bonchev–Trinajstić information content (AvgIpc) is 3.28. The van der Waals surface area contributed by atoms with Crippen molar-refractivity contribution in [2.75, 3.05) is 20.3 Å². The number of ether oxygens (including phenoxy) is 1. The van der Waals surface area contributed by atoms with E-state index in [4.69, 9.17) is 20.8 Å². The molecule has 1 atom stereocenters. The second-order valence-electron chi connectivity index (χ2n) is 7.04. The molecule has 0 radical (unpaired) electrons. The molecular formula is C23H20ClNO5. The number of Topliss-reactive ketones (excluding diaryl/α,β-unsaturated/α-hetero) is 1. The van der Waals surface area contributed by atoms with E-state index in [2.05, 4.69) is 0 Å². The molecule has 0 saturated heterocycles. The number of methoxy groups -OCH3 is 1. The number of fused-ring (bicyclic) bond motifs is 1. The molecule has 4 rings (SSSR count). The van der Waals surface area contributed by atoms with Gasteiger partial charge in [-0.05, 0) is 36.2 Å². The number of benzene rings is 2. The Labute approximate surface area is 178 Å². The number of aliphatic hydroxyl groups is 1. The smallest absolute Gasteiger partial charge is 0.290 e. The van der Waals surface area contributed by atoms with E-state index in [1.165, 1.54) is 4.90 Å². The van der Waals surface area contributed by atoms with Gasteiger partial charge in [0.05, 0.1) is 11.6 Å². The highest BCUT2D eigenvalue weighted by molar-refractivity contribution is 6.30. The number of ketones is 1. The number of para-hydroxylation sites is 1. The number of amides is 1. The van der Waals surface area contributed by atoms with Crippen LogP contribution in [-0.4, -0.2) is 42.0 Å². The maximum Gasteiger partial charge on any atom is 0.290 e. The fourth-order valence-electron chi connectivity index (χ4n) is 3.75. The molecule has 1 amide bonds. The molecule has 1 aliphatic rings. The number of hydrogen-bond acceptors (Lipinski definition) is 5. The first-order chi connectivity index (χ1) is 14.5. The Balaban J connectivity index is 1.77. The molecule has 7 heteroatoms. The van der Waals surface area contributed by atoms with Crippen molar-refractivity contribution in [1.29, 1.82) is 0 Å². The molecule has 1 unspecified atom stereocenters. The second-order valence-corrected chi connectivity index (χ2v) is 7.48. The van der Waals surface area contributed by atoms with Gasteiger partial charge >= 0.3 is 0 Å². The SMILES string of the molecule is COCCCN1C(=O)C(O)=C(C(=O)c2cc3ccccc3o2)C1c1cccc(Cl)c1. The maximum absolute atomic E-state index is 13.4. The van der Waals surface area contributed by atoms with E-state index in [9.17, 15) is 14.7 Å². The molecule has 6 nitrogen and oxygen atoms in total. The first kappa shape index (κ1) is 20.2. The number of nitrogens with zero attached hydrogens (tertiary/aromatic N) is 1. The summed E-state index contributed by atoms with van der Waals surface area (Å²) in [6.07, 6.45) is 0.554. The highest BCUT2D eigenvalue weighted by atomic mass is 35.5. The molecule has 0 bridgehead atoms. The molecule has 1 N–H and O–H groups in total. The second kappa shape index (κ2) is 8.34. The van der Waals surface area contributed by atoms with Crippen LogP contribution < -0.4 is 0 Å². The highest BCUT2D eigenvalue weighted by Crippen LogP contribution is 2.40. The molecule has 2 aromatic carbocycles. The molecule has 0 fully saturated rings. The van der Waals surface area contributed by atoms with Crippen molar-refractivity contribution in [3.8, 4) is 0 Å². The zero-order chi connectivity index (χ0) is 21.3. The lowest BCUT2D eigenvalue weighted by Gasteiger charge is -2.26. The summed E-state index contributed by atoms with van der Waals surface area (Å²) in [6, 6.07) is 15.0. The molecule has 0 saturated carbocycles. The Hall–Kier alpha value is -3.09. The first-order valence-corrected chi connectivity index (χ1v) is 9.91. The summed E-state index contributed by atoms with van der Waals surface area (Å²) in [5, 5.41) is 11.9. The van der Waals surface area contributed by atoms with Crippen molar-refractivity contribution in [2.24, 2.45) is 0 Å². The van der Waals surface area contributed by atoms with Crippen LogP contribution in [0.5, 0.6) is 0 Å². The van der Waals surface area contributed by atoms with Crippen molar-refractivity contribution in [3.63, 3.8) is 0 Å². The molecule has 30 heavy (non-hydrogen) atoms. The van der Waals surface area contributed by atoms with Crippen molar-refractivity contribution < 1.29 is 23.8 Å². The summed E-state index contributed by atoms with van der Waals surface area (Å²) in [7, 11) is 1.58. The number of carbonyl (C=O) groups excluding carboxylic acids is 2. The molecule has 3 aromatic rings. The average molecular weight is 426 g/mol. The fraction of sp³-hybridized carbons (Fsp3) is 0.217. The van der Waals surface area contributed by atoms with Gasteiger partial charge in [-0.1, -0.05) is 41.9 Å². The van der Waals surface area contributed by atoms with Gasteiger partial charge in [-0.15, -0.1) is 0 Å². The van der Waals surface area contributed by atoms with Crippen molar-refractivity contribution >= 4 is 34.3 Å². The van der Waals surface area contributed by atoms with Crippen LogP contribution in [0, 0.1) is 0 Å². The van der Waals surface area contributed by atoms with Gasteiger partial charge in [-0.3, -0.25) is 9.59 Å². The Kier molecular flexibility index (Phi) is 5.61. The summed E-state index contributed by atoms with van der Waals surface area (Å²) in [4.78, 5) is 27.7. The van der Waals surface area contributed by atoms with E-state index in [1.54, 1.807) is 43.5 Å². The van der Waals surface area contributed by atoms with Crippen LogP contribution >= 0.6 is 11.6 Å². The van der Waals surface area contributed by atoms with Crippen LogP contribution in [0.3, 0.4) is 0 Å². The minimum Gasteiger partial charge on any atom is -0.503 e. The topological polar surface area (TPSA) is 80.0 Å². The summed E-state index contributed by atoms with van der Waals surface area (Å²) in [5.74, 6) is -1.63. The quantitative estimate of drug-likeness (QED) is 0.438. The summed E-state index contributed by atoms with van der Waals surface area (Å²) < 4.78 is 10.8. The lowest BCUT2D eigenvalue weighted by molar-refractivity contribution is -0.129. The van der Waals surface area contributed by atoms with E-state index in [0.29, 0.717) is 35.7 Å². The van der Waals surface area contributed by atoms with Gasteiger partial charge in [0.15, 0.2) is 11.5 Å². The van der Waals surface area contributed by atoms with E-state index >= 15 is 0 Å². The van der Waals surface area contributed by atoms with E-state index in [-0.39, 0.29) is 11.3 Å². The van der Waals surface area contributed by atoms with Gasteiger partial charge in [-0.2, -0.15) is 0 Å². The first-order valence-electron chi connectivity index (χ1n) is 9.53. The van der Waals surface area contributed by atoms with Crippen LogP contribution in [0.25, 0.3) is 11.0 Å². The van der Waals surface area contributed by atoms with Gasteiger partial charge in [0.1, 0.15) is 5.58 Å². The molecule has 0 aliphatic carbocycles. The van der Waals surface area contributed by atoms with Crippen molar-refractivity contribution in [2.45, 2.75) is 12.5 Å². The van der Waals surface area contributed by atoms with Crippen LogP contribution in [-0.2, 0) is 9.53 Å². The molecular weight excluding hydrogens is 406 g/mol. The lowest BCUT2D eigenvalue weighted by atomic mass is 9.95. The van der Waals surface area contributed by atoms with Crippen LogP contribution in [0.4, 0.5) is 0 Å². The third-order valence-electron chi connectivity index (χ3n) is 5.11. The standard InChI is InChI=1S/C23H20ClNO5/c1-29-11-5-10-25-20(15-7-4-8-16(24)12-15)19(22(27)23(25)28)21(26)18-13-14-6-2-3-9-17(14)30-18/h2-4,6-9,12-13,20,27H,5,10-11H2,1H3.